The molecule has 1 unspecified atom stereocenters. The average molecular weight is 541 g/mol. The molecule has 5 aliphatic rings. The summed E-state index contributed by atoms with van der Waals surface area (Å²) in [6.07, 6.45) is 6.37. The summed E-state index contributed by atoms with van der Waals surface area (Å²) in [5.74, 6) is 1.29. The van der Waals surface area contributed by atoms with E-state index in [4.69, 9.17) is 23.7 Å². The first kappa shape index (κ1) is 26.4. The SMILES string of the molecule is COC1=C[C@]23CCCN2CCc2cc4c(cc2[C@@H]3C1OC(=O)[C@]1(CC(=O)N(C)C)CCCC(C)(C)O1)OCO4. The van der Waals surface area contributed by atoms with Gasteiger partial charge in [0.2, 0.25) is 12.7 Å². The van der Waals surface area contributed by atoms with E-state index in [0.29, 0.717) is 12.2 Å². The van der Waals surface area contributed by atoms with Gasteiger partial charge >= 0.3 is 5.97 Å². The Hall–Kier alpha value is -2.78. The molecule has 0 radical (unpaired) electrons. The zero-order valence-corrected chi connectivity index (χ0v) is 23.7. The highest BCUT2D eigenvalue weighted by molar-refractivity contribution is 5.88. The predicted molar refractivity (Wildman–Crippen MR) is 143 cm³/mol. The summed E-state index contributed by atoms with van der Waals surface area (Å²) in [6, 6.07) is 4.16. The first-order valence-electron chi connectivity index (χ1n) is 14.1. The van der Waals surface area contributed by atoms with E-state index in [2.05, 4.69) is 23.1 Å². The minimum Gasteiger partial charge on any atom is -0.497 e. The van der Waals surface area contributed by atoms with Crippen molar-refractivity contribution in [2.45, 2.75) is 87.6 Å². The summed E-state index contributed by atoms with van der Waals surface area (Å²) in [5, 5.41) is 0. The van der Waals surface area contributed by atoms with Crippen molar-refractivity contribution in [2.75, 3.05) is 41.1 Å². The molecule has 4 aliphatic heterocycles. The van der Waals surface area contributed by atoms with Gasteiger partial charge in [0.15, 0.2) is 23.2 Å². The lowest BCUT2D eigenvalue weighted by Crippen LogP contribution is -2.55. The highest BCUT2D eigenvalue weighted by Gasteiger charge is 2.59. The van der Waals surface area contributed by atoms with Gasteiger partial charge in [-0.15, -0.1) is 0 Å². The zero-order valence-electron chi connectivity index (χ0n) is 23.7. The Morgan fingerprint density at radius 2 is 1.85 bits per heavy atom. The Bertz CT molecular complexity index is 1210. The molecule has 9 nitrogen and oxygen atoms in total. The van der Waals surface area contributed by atoms with Gasteiger partial charge in [0.05, 0.1) is 30.6 Å². The van der Waals surface area contributed by atoms with Gasteiger partial charge in [-0.25, -0.2) is 4.79 Å². The van der Waals surface area contributed by atoms with Crippen LogP contribution in [-0.2, 0) is 30.2 Å². The van der Waals surface area contributed by atoms with Crippen LogP contribution in [0.2, 0.25) is 0 Å². The minimum atomic E-state index is -1.35. The lowest BCUT2D eigenvalue weighted by molar-refractivity contribution is -0.214. The van der Waals surface area contributed by atoms with Crippen LogP contribution in [0.4, 0.5) is 0 Å². The maximum Gasteiger partial charge on any atom is 0.339 e. The number of hydrogen-bond donors (Lipinski definition) is 0. The van der Waals surface area contributed by atoms with E-state index in [-0.39, 0.29) is 30.6 Å². The van der Waals surface area contributed by atoms with Crippen LogP contribution in [0.3, 0.4) is 0 Å². The molecular weight excluding hydrogens is 500 g/mol. The first-order valence-corrected chi connectivity index (χ1v) is 14.1. The maximum absolute atomic E-state index is 14.3. The minimum absolute atomic E-state index is 0.0573. The molecule has 2 saturated heterocycles. The van der Waals surface area contributed by atoms with Gasteiger partial charge in [-0.2, -0.15) is 0 Å². The number of carbonyl (C=O) groups excluding carboxylic acids is 2. The van der Waals surface area contributed by atoms with Crippen molar-refractivity contribution in [3.05, 3.63) is 35.1 Å². The molecule has 1 aromatic carbocycles. The molecule has 0 bridgehead atoms. The number of nitrogens with zero attached hydrogens (tertiary/aromatic N) is 2. The third-order valence-electron chi connectivity index (χ3n) is 9.34. The predicted octanol–water partition coefficient (Wildman–Crippen LogP) is 3.54. The molecule has 2 fully saturated rings. The van der Waals surface area contributed by atoms with Crippen molar-refractivity contribution in [3.63, 3.8) is 0 Å². The molecule has 0 aromatic heterocycles. The summed E-state index contributed by atoms with van der Waals surface area (Å²) < 4.78 is 30.4. The molecular formula is C30H40N2O7. The molecule has 6 rings (SSSR count). The third-order valence-corrected chi connectivity index (χ3v) is 9.34. The third kappa shape index (κ3) is 4.29. The average Bonchev–Trinajstić information content (AvgIpc) is 3.57. The molecule has 39 heavy (non-hydrogen) atoms. The van der Waals surface area contributed by atoms with E-state index in [1.807, 2.05) is 13.8 Å². The van der Waals surface area contributed by atoms with Crippen LogP contribution in [0.15, 0.2) is 24.0 Å². The number of benzene rings is 1. The van der Waals surface area contributed by atoms with E-state index in [9.17, 15) is 9.59 Å². The molecule has 0 saturated carbocycles. The van der Waals surface area contributed by atoms with E-state index >= 15 is 0 Å². The Labute approximate surface area is 230 Å². The lowest BCUT2D eigenvalue weighted by Gasteiger charge is -2.44. The summed E-state index contributed by atoms with van der Waals surface area (Å²) >= 11 is 0. The van der Waals surface area contributed by atoms with Crippen molar-refractivity contribution in [1.29, 1.82) is 0 Å². The molecule has 1 amide bonds. The quantitative estimate of drug-likeness (QED) is 0.525. The normalized spacial score (nSPS) is 32.4. The Morgan fingerprint density at radius 3 is 2.56 bits per heavy atom. The number of carbonyl (C=O) groups is 2. The molecule has 1 aliphatic carbocycles. The van der Waals surface area contributed by atoms with Crippen LogP contribution in [0.25, 0.3) is 0 Å². The molecule has 9 heteroatoms. The van der Waals surface area contributed by atoms with Crippen molar-refractivity contribution in [2.24, 2.45) is 0 Å². The molecule has 212 valence electrons. The van der Waals surface area contributed by atoms with E-state index in [0.717, 1.165) is 62.3 Å². The fourth-order valence-corrected chi connectivity index (χ4v) is 7.49. The lowest BCUT2D eigenvalue weighted by atomic mass is 9.77. The highest BCUT2D eigenvalue weighted by Crippen LogP contribution is 2.56. The molecule has 1 spiro atoms. The number of fused-ring (bicyclic) bond motifs is 3. The van der Waals surface area contributed by atoms with Crippen LogP contribution in [0.1, 0.15) is 69.4 Å². The topological polar surface area (TPSA) is 86.8 Å². The van der Waals surface area contributed by atoms with Crippen LogP contribution >= 0.6 is 0 Å². The van der Waals surface area contributed by atoms with Crippen LogP contribution in [-0.4, -0.2) is 85.6 Å². The van der Waals surface area contributed by atoms with Crippen LogP contribution in [0.5, 0.6) is 11.5 Å². The number of esters is 1. The summed E-state index contributed by atoms with van der Waals surface area (Å²) in [5.41, 5.74) is 0.0604. The maximum atomic E-state index is 14.3. The van der Waals surface area contributed by atoms with Crippen molar-refractivity contribution in [3.8, 4) is 11.5 Å². The highest BCUT2D eigenvalue weighted by atomic mass is 16.7. The Kier molecular flexibility index (Phi) is 6.38. The first-order chi connectivity index (χ1) is 18.6. The van der Waals surface area contributed by atoms with Gasteiger partial charge in [0.25, 0.3) is 0 Å². The fourth-order valence-electron chi connectivity index (χ4n) is 7.49. The number of amides is 1. The van der Waals surface area contributed by atoms with E-state index in [1.165, 1.54) is 10.5 Å². The number of ether oxygens (including phenoxy) is 5. The molecule has 4 atom stereocenters. The zero-order chi connectivity index (χ0) is 27.6. The molecule has 1 aromatic rings. The molecule has 0 N–H and O–H groups in total. The number of rotatable bonds is 5. The van der Waals surface area contributed by atoms with Crippen molar-refractivity contribution < 1.29 is 33.3 Å². The largest absolute Gasteiger partial charge is 0.497 e. The number of methoxy groups -OCH3 is 1. The smallest absolute Gasteiger partial charge is 0.339 e. The molecule has 4 heterocycles. The summed E-state index contributed by atoms with van der Waals surface area (Å²) in [4.78, 5) is 31.2. The van der Waals surface area contributed by atoms with Crippen molar-refractivity contribution >= 4 is 11.9 Å². The van der Waals surface area contributed by atoms with Crippen molar-refractivity contribution in [1.82, 2.24) is 9.80 Å². The second kappa shape index (κ2) is 9.41. The number of hydrogen-bond acceptors (Lipinski definition) is 8. The fraction of sp³-hybridized carbons (Fsp3) is 0.667. The van der Waals surface area contributed by atoms with E-state index in [1.54, 1.807) is 21.2 Å². The van der Waals surface area contributed by atoms with E-state index < -0.39 is 23.3 Å². The van der Waals surface area contributed by atoms with Gasteiger partial charge in [-0.3, -0.25) is 9.69 Å². The van der Waals surface area contributed by atoms with Gasteiger partial charge in [0.1, 0.15) is 5.76 Å². The van der Waals surface area contributed by atoms with Crippen LogP contribution in [0, 0.1) is 0 Å². The standard InChI is InChI=1S/C30H40N2O7/c1-28(2)9-6-11-30(39-28,17-24(33)31(3)4)27(34)38-26-23(35-5)16-29-10-7-12-32(29)13-8-19-14-21-22(37-18-36-21)15-20(19)25(26)29/h14-16,25-26H,6-13,17-18H2,1-5H3/t25-,26?,29+,30-/m1/s1. The second-order valence-corrected chi connectivity index (χ2v) is 12.5. The summed E-state index contributed by atoms with van der Waals surface area (Å²) in [6.45, 7) is 6.02. The second-order valence-electron chi connectivity index (χ2n) is 12.5. The van der Waals surface area contributed by atoms with Gasteiger partial charge < -0.3 is 28.6 Å². The Balaban J connectivity index is 1.41. The van der Waals surface area contributed by atoms with Gasteiger partial charge in [0, 0.05) is 20.6 Å². The summed E-state index contributed by atoms with van der Waals surface area (Å²) in [7, 11) is 5.03. The van der Waals surface area contributed by atoms with Gasteiger partial charge in [-0.1, -0.05) is 0 Å². The monoisotopic (exact) mass is 540 g/mol. The Morgan fingerprint density at radius 1 is 1.08 bits per heavy atom. The van der Waals surface area contributed by atoms with Crippen LogP contribution < -0.4 is 9.47 Å². The van der Waals surface area contributed by atoms with Gasteiger partial charge in [-0.05, 0) is 88.3 Å².